The van der Waals surface area contributed by atoms with E-state index < -0.39 is 58.2 Å². The summed E-state index contributed by atoms with van der Waals surface area (Å²) in [5, 5.41) is 13.1. The number of carbonyl (C=O) groups excluding carboxylic acids is 2. The molecule has 1 aliphatic rings. The Morgan fingerprint density at radius 2 is 1.89 bits per heavy atom. The monoisotopic (exact) mass is 689 g/mol. The Labute approximate surface area is 278 Å². The molecular weight excluding hydrogens is 654 g/mol. The third-order valence-corrected chi connectivity index (χ3v) is 9.75. The Morgan fingerprint density at radius 1 is 1.13 bits per heavy atom. The van der Waals surface area contributed by atoms with Crippen LogP contribution in [-0.2, 0) is 24.3 Å². The van der Waals surface area contributed by atoms with E-state index in [1.807, 2.05) is 0 Å². The number of aromatic nitrogens is 1. The zero-order valence-electron chi connectivity index (χ0n) is 25.9. The molecule has 1 aromatic heterocycles. The van der Waals surface area contributed by atoms with E-state index in [1.54, 1.807) is 74.6 Å². The molecule has 14 heteroatoms. The van der Waals surface area contributed by atoms with Gasteiger partial charge in [-0.3, -0.25) is 14.6 Å². The molecule has 0 unspecified atom stereocenters. The number of para-hydroxylation sites is 1. The lowest BCUT2D eigenvalue weighted by atomic mass is 9.95. The second-order valence-corrected chi connectivity index (χ2v) is 14.4. The number of pyridine rings is 1. The summed E-state index contributed by atoms with van der Waals surface area (Å²) in [7, 11) is -1.32. The Kier molecular flexibility index (Phi) is 11.4. The molecule has 11 nitrogen and oxygen atoms in total. The van der Waals surface area contributed by atoms with Crippen LogP contribution >= 0.6 is 23.8 Å². The van der Waals surface area contributed by atoms with Crippen LogP contribution in [0.5, 0.6) is 11.5 Å². The Bertz CT molecular complexity index is 1700. The summed E-state index contributed by atoms with van der Waals surface area (Å²) in [4.78, 5) is 31.9. The van der Waals surface area contributed by atoms with Crippen molar-refractivity contribution in [2.75, 3.05) is 38.4 Å². The van der Waals surface area contributed by atoms with Gasteiger partial charge in [0, 0.05) is 57.9 Å². The van der Waals surface area contributed by atoms with E-state index in [9.17, 15) is 23.1 Å². The van der Waals surface area contributed by atoms with Crippen LogP contribution in [0.15, 0.2) is 60.8 Å². The molecule has 4 rings (SSSR count). The van der Waals surface area contributed by atoms with E-state index in [4.69, 9.17) is 38.0 Å². The fourth-order valence-corrected chi connectivity index (χ4v) is 7.05. The molecule has 46 heavy (non-hydrogen) atoms. The predicted molar refractivity (Wildman–Crippen MR) is 178 cm³/mol. The van der Waals surface area contributed by atoms with Crippen LogP contribution < -0.4 is 14.8 Å². The fraction of sp³-hybridized carbons (Fsp3) is 0.375. The largest absolute Gasteiger partial charge is 0.493 e. The highest BCUT2D eigenvalue weighted by atomic mass is 35.5. The summed E-state index contributed by atoms with van der Waals surface area (Å²) < 4.78 is 45.6. The molecule has 0 spiro atoms. The minimum atomic E-state index is -4.27. The minimum Gasteiger partial charge on any atom is -0.493 e. The molecule has 2 amide bonds. The molecule has 2 heterocycles. The first-order chi connectivity index (χ1) is 21.8. The average Bonchev–Trinajstić information content (AvgIpc) is 3.17. The maximum Gasteiger partial charge on any atom is 0.254 e. The number of amides is 2. The lowest BCUT2D eigenvalue weighted by molar-refractivity contribution is -0.139. The van der Waals surface area contributed by atoms with Crippen LogP contribution in [0, 0.1) is 5.41 Å². The van der Waals surface area contributed by atoms with Gasteiger partial charge in [-0.15, -0.1) is 0 Å². The van der Waals surface area contributed by atoms with Gasteiger partial charge < -0.3 is 24.6 Å². The summed E-state index contributed by atoms with van der Waals surface area (Å²) in [6.45, 7) is 2.52. The number of nitrogens with zero attached hydrogens (tertiary/aromatic N) is 2. The van der Waals surface area contributed by atoms with E-state index >= 15 is 0 Å². The Morgan fingerprint density at radius 3 is 2.54 bits per heavy atom. The summed E-state index contributed by atoms with van der Waals surface area (Å²) >= 11 is 11.7. The van der Waals surface area contributed by atoms with E-state index in [0.29, 0.717) is 48.2 Å². The maximum absolute atomic E-state index is 13.9. The van der Waals surface area contributed by atoms with Gasteiger partial charge in [0.05, 0.1) is 32.1 Å². The third kappa shape index (κ3) is 8.20. The molecule has 1 aliphatic heterocycles. The molecule has 0 bridgehead atoms. The molecule has 246 valence electrons. The van der Waals surface area contributed by atoms with Crippen molar-refractivity contribution in [2.24, 2.45) is 5.41 Å². The van der Waals surface area contributed by atoms with Crippen molar-refractivity contribution in [3.05, 3.63) is 82.6 Å². The second-order valence-electron chi connectivity index (χ2n) is 11.4. The Balaban J connectivity index is 1.68. The molecule has 0 saturated carbocycles. The standard InChI is InChI=1S/C32H36ClN3O8S2/c1-32(2,19-37)18-36(46(40,41)15-13-27(45)24-9-5-6-14-34-24)28(38)17-26-31(39)35-23-12-11-20(33)16-22(23)29(44-26)21-8-7-10-25(42-3)30(21)43-4/h5-12,14,16,26,29,37H,13,15,17-19H2,1-4H3,(H,35,39)/t26-,29-/m1/s1. The molecule has 0 aliphatic carbocycles. The molecule has 2 N–H and O–H groups in total. The third-order valence-electron chi connectivity index (χ3n) is 7.37. The van der Waals surface area contributed by atoms with E-state index in [2.05, 4.69) is 10.3 Å². The molecule has 0 fully saturated rings. The van der Waals surface area contributed by atoms with Gasteiger partial charge >= 0.3 is 0 Å². The first kappa shape index (κ1) is 35.2. The first-order valence-corrected chi connectivity index (χ1v) is 16.7. The van der Waals surface area contributed by atoms with Crippen LogP contribution in [0.25, 0.3) is 0 Å². The molecule has 0 radical (unpaired) electrons. The van der Waals surface area contributed by atoms with Gasteiger partial charge in [-0.25, -0.2) is 12.7 Å². The number of methoxy groups -OCH3 is 2. The predicted octanol–water partition coefficient (Wildman–Crippen LogP) is 4.55. The van der Waals surface area contributed by atoms with Crippen molar-refractivity contribution >= 4 is 56.2 Å². The minimum absolute atomic E-state index is 0.0633. The number of ether oxygens (including phenoxy) is 3. The molecule has 2 aromatic carbocycles. The summed E-state index contributed by atoms with van der Waals surface area (Å²) in [6, 6.07) is 15.1. The number of sulfonamides is 1. The number of benzene rings is 2. The van der Waals surface area contributed by atoms with Crippen molar-refractivity contribution in [3.63, 3.8) is 0 Å². The van der Waals surface area contributed by atoms with Gasteiger partial charge in [0.2, 0.25) is 15.9 Å². The molecular formula is C32H36ClN3O8S2. The molecule has 2 atom stereocenters. The zero-order chi connectivity index (χ0) is 33.6. The van der Waals surface area contributed by atoms with Crippen LogP contribution in [0.2, 0.25) is 5.02 Å². The highest BCUT2D eigenvalue weighted by Crippen LogP contribution is 2.44. The smallest absolute Gasteiger partial charge is 0.254 e. The van der Waals surface area contributed by atoms with Crippen LogP contribution in [-0.4, -0.2) is 78.7 Å². The highest BCUT2D eigenvalue weighted by Gasteiger charge is 2.39. The van der Waals surface area contributed by atoms with Crippen molar-refractivity contribution in [2.45, 2.75) is 38.9 Å². The number of anilines is 1. The van der Waals surface area contributed by atoms with Crippen molar-refractivity contribution in [1.29, 1.82) is 0 Å². The van der Waals surface area contributed by atoms with E-state index in [1.165, 1.54) is 14.2 Å². The molecule has 3 aromatic rings. The van der Waals surface area contributed by atoms with Gasteiger partial charge in [-0.1, -0.05) is 55.9 Å². The van der Waals surface area contributed by atoms with Crippen molar-refractivity contribution in [3.8, 4) is 11.5 Å². The number of rotatable bonds is 13. The number of fused-ring (bicyclic) bond motifs is 1. The summed E-state index contributed by atoms with van der Waals surface area (Å²) in [5.41, 5.74) is 0.862. The number of aliphatic hydroxyl groups is 1. The topological polar surface area (TPSA) is 144 Å². The number of nitrogens with one attached hydrogen (secondary N) is 1. The molecule has 0 saturated heterocycles. The maximum atomic E-state index is 13.9. The lowest BCUT2D eigenvalue weighted by Crippen LogP contribution is -2.47. The van der Waals surface area contributed by atoms with Gasteiger partial charge in [-0.2, -0.15) is 0 Å². The quantitative estimate of drug-likeness (QED) is 0.194. The Hall–Kier alpha value is -3.62. The number of aliphatic hydroxyl groups excluding tert-OH is 1. The average molecular weight is 690 g/mol. The number of hydrogen-bond donors (Lipinski definition) is 2. The SMILES string of the molecule is COc1cccc([C@H]2O[C@H](CC(=O)N(CC(C)(C)CO)S(=O)(=O)CCC(=S)c3ccccn3)C(=O)Nc3ccc(Cl)cc32)c1OC. The number of halogens is 1. The van der Waals surface area contributed by atoms with Crippen LogP contribution in [0.4, 0.5) is 5.69 Å². The van der Waals surface area contributed by atoms with Crippen molar-refractivity contribution < 1.29 is 37.3 Å². The highest BCUT2D eigenvalue weighted by molar-refractivity contribution is 7.89. The van der Waals surface area contributed by atoms with E-state index in [0.717, 1.165) is 0 Å². The van der Waals surface area contributed by atoms with Gasteiger partial charge in [-0.05, 0) is 36.4 Å². The van der Waals surface area contributed by atoms with E-state index in [-0.39, 0.29) is 13.0 Å². The number of thiocarbonyl (C=S) groups is 1. The lowest BCUT2D eigenvalue weighted by Gasteiger charge is -2.32. The van der Waals surface area contributed by atoms with Crippen molar-refractivity contribution in [1.82, 2.24) is 9.29 Å². The summed E-state index contributed by atoms with van der Waals surface area (Å²) in [6.07, 6.45) is -1.53. The van der Waals surface area contributed by atoms with Crippen LogP contribution in [0.3, 0.4) is 0 Å². The van der Waals surface area contributed by atoms with Gasteiger partial charge in [0.15, 0.2) is 11.5 Å². The summed E-state index contributed by atoms with van der Waals surface area (Å²) in [5.74, 6) is -1.27. The second kappa shape index (κ2) is 14.9. The van der Waals surface area contributed by atoms with Crippen LogP contribution in [0.1, 0.15) is 49.6 Å². The van der Waals surface area contributed by atoms with Gasteiger partial charge in [0.1, 0.15) is 12.2 Å². The normalized spacial score (nSPS) is 16.5. The zero-order valence-corrected chi connectivity index (χ0v) is 28.2. The van der Waals surface area contributed by atoms with Gasteiger partial charge in [0.25, 0.3) is 5.91 Å². The number of carbonyl (C=O) groups is 2. The fourth-order valence-electron chi connectivity index (χ4n) is 4.91. The first-order valence-electron chi connectivity index (χ1n) is 14.3. The number of hydrogen-bond acceptors (Lipinski definition) is 10.